The van der Waals surface area contributed by atoms with Crippen molar-refractivity contribution in [2.24, 2.45) is 5.92 Å². The molecule has 1 aromatic rings. The fourth-order valence-electron chi connectivity index (χ4n) is 3.11. The molecule has 1 aromatic carbocycles. The molecule has 2 unspecified atom stereocenters. The van der Waals surface area contributed by atoms with Crippen LogP contribution in [0.5, 0.6) is 0 Å². The molecule has 3 nitrogen and oxygen atoms in total. The van der Waals surface area contributed by atoms with Gasteiger partial charge in [-0.2, -0.15) is 0 Å². The topological polar surface area (TPSA) is 32.3 Å². The van der Waals surface area contributed by atoms with Crippen molar-refractivity contribution in [3.8, 4) is 0 Å². The number of hydrogen-bond donors (Lipinski definition) is 1. The van der Waals surface area contributed by atoms with Gasteiger partial charge in [0.15, 0.2) is 0 Å². The minimum Gasteiger partial charge on any atom is -0.316 e. The lowest BCUT2D eigenvalue weighted by atomic mass is 9.77. The van der Waals surface area contributed by atoms with Gasteiger partial charge in [-0.1, -0.05) is 12.1 Å². The largest absolute Gasteiger partial charge is 0.316 e. The average molecular weight is 230 g/mol. The summed E-state index contributed by atoms with van der Waals surface area (Å²) < 4.78 is 0. The van der Waals surface area contributed by atoms with E-state index in [1.807, 2.05) is 11.9 Å². The van der Waals surface area contributed by atoms with E-state index < -0.39 is 0 Å². The molecular formula is C14H18N2O. The second-order valence-corrected chi connectivity index (χ2v) is 5.17. The molecule has 90 valence electrons. The number of nitrogens with zero attached hydrogens (tertiary/aromatic N) is 1. The van der Waals surface area contributed by atoms with Crippen LogP contribution in [-0.2, 0) is 4.79 Å². The maximum Gasteiger partial charge on any atom is 0.230 e. The Labute approximate surface area is 102 Å². The first kappa shape index (κ1) is 10.8. The zero-order valence-corrected chi connectivity index (χ0v) is 10.4. The lowest BCUT2D eigenvalue weighted by Crippen LogP contribution is -2.48. The van der Waals surface area contributed by atoms with Crippen molar-refractivity contribution in [1.29, 1.82) is 0 Å². The van der Waals surface area contributed by atoms with Gasteiger partial charge in [0.1, 0.15) is 0 Å². The quantitative estimate of drug-likeness (QED) is 0.735. The summed E-state index contributed by atoms with van der Waals surface area (Å²) in [6.45, 7) is 3.96. The van der Waals surface area contributed by atoms with Crippen LogP contribution in [0.4, 0.5) is 5.69 Å². The Kier molecular flexibility index (Phi) is 2.44. The summed E-state index contributed by atoms with van der Waals surface area (Å²) in [6, 6.07) is 6.46. The van der Waals surface area contributed by atoms with Gasteiger partial charge < -0.3 is 10.2 Å². The molecule has 2 atom stereocenters. The fraction of sp³-hybridized carbons (Fsp3) is 0.500. The van der Waals surface area contributed by atoms with Crippen LogP contribution in [0.15, 0.2) is 18.2 Å². The second-order valence-electron chi connectivity index (χ2n) is 5.17. The zero-order valence-electron chi connectivity index (χ0n) is 10.4. The Bertz CT molecular complexity index is 469. The molecule has 3 rings (SSSR count). The summed E-state index contributed by atoms with van der Waals surface area (Å²) in [5.41, 5.74) is 3.64. The normalized spacial score (nSPS) is 27.6. The number of carbonyl (C=O) groups excluding carboxylic acids is 1. The summed E-state index contributed by atoms with van der Waals surface area (Å²) in [4.78, 5) is 14.2. The van der Waals surface area contributed by atoms with Crippen molar-refractivity contribution in [3.63, 3.8) is 0 Å². The lowest BCUT2D eigenvalue weighted by molar-refractivity contribution is -0.123. The van der Waals surface area contributed by atoms with Gasteiger partial charge in [-0.25, -0.2) is 0 Å². The predicted octanol–water partition coefficient (Wildman–Crippen LogP) is 1.66. The monoisotopic (exact) mass is 230 g/mol. The number of benzene rings is 1. The molecule has 1 amide bonds. The van der Waals surface area contributed by atoms with Gasteiger partial charge in [0.2, 0.25) is 5.91 Å². The highest BCUT2D eigenvalue weighted by Gasteiger charge is 2.39. The van der Waals surface area contributed by atoms with E-state index in [2.05, 4.69) is 30.4 Å². The summed E-state index contributed by atoms with van der Waals surface area (Å²) >= 11 is 0. The molecule has 2 aliphatic rings. The van der Waals surface area contributed by atoms with Crippen molar-refractivity contribution in [2.75, 3.05) is 25.0 Å². The van der Waals surface area contributed by atoms with Crippen LogP contribution in [0, 0.1) is 12.8 Å². The van der Waals surface area contributed by atoms with Crippen LogP contribution < -0.4 is 10.2 Å². The molecule has 0 aliphatic carbocycles. The number of fused-ring (bicyclic) bond motifs is 3. The molecule has 0 bridgehead atoms. The summed E-state index contributed by atoms with van der Waals surface area (Å²) in [7, 11) is 1.90. The van der Waals surface area contributed by atoms with Crippen LogP contribution in [0.2, 0.25) is 0 Å². The van der Waals surface area contributed by atoms with Gasteiger partial charge in [-0.05, 0) is 37.1 Å². The Morgan fingerprint density at radius 2 is 2.18 bits per heavy atom. The van der Waals surface area contributed by atoms with Crippen molar-refractivity contribution >= 4 is 11.6 Å². The number of anilines is 1. The van der Waals surface area contributed by atoms with E-state index in [0.717, 1.165) is 25.2 Å². The predicted molar refractivity (Wildman–Crippen MR) is 68.3 cm³/mol. The molecule has 0 saturated carbocycles. The van der Waals surface area contributed by atoms with Gasteiger partial charge in [0.25, 0.3) is 0 Å². The highest BCUT2D eigenvalue weighted by atomic mass is 16.2. The minimum absolute atomic E-state index is 0.177. The highest BCUT2D eigenvalue weighted by Crippen LogP contribution is 2.41. The Hall–Kier alpha value is -1.35. The first-order valence-corrected chi connectivity index (χ1v) is 6.27. The van der Waals surface area contributed by atoms with Crippen LogP contribution in [0.3, 0.4) is 0 Å². The molecule has 17 heavy (non-hydrogen) atoms. The van der Waals surface area contributed by atoms with Gasteiger partial charge >= 0.3 is 0 Å². The van der Waals surface area contributed by atoms with Crippen molar-refractivity contribution in [2.45, 2.75) is 19.3 Å². The summed E-state index contributed by atoms with van der Waals surface area (Å²) in [6.07, 6.45) is 0.959. The zero-order chi connectivity index (χ0) is 12.0. The third kappa shape index (κ3) is 1.57. The maximum atomic E-state index is 12.3. The van der Waals surface area contributed by atoms with Gasteiger partial charge in [0.05, 0.1) is 0 Å². The van der Waals surface area contributed by atoms with Gasteiger partial charge in [0, 0.05) is 31.1 Å². The number of piperidine rings is 1. The van der Waals surface area contributed by atoms with Gasteiger partial charge in [-0.15, -0.1) is 0 Å². The van der Waals surface area contributed by atoms with E-state index in [9.17, 15) is 4.79 Å². The Morgan fingerprint density at radius 1 is 1.35 bits per heavy atom. The van der Waals surface area contributed by atoms with Gasteiger partial charge in [-0.3, -0.25) is 4.79 Å². The lowest BCUT2D eigenvalue weighted by Gasteiger charge is -2.40. The molecule has 1 N–H and O–H groups in total. The molecule has 3 heteroatoms. The number of carbonyl (C=O) groups is 1. The molecule has 2 aliphatic heterocycles. The minimum atomic E-state index is 0.177. The van der Waals surface area contributed by atoms with E-state index in [-0.39, 0.29) is 11.8 Å². The second kappa shape index (κ2) is 3.84. The highest BCUT2D eigenvalue weighted by molar-refractivity contribution is 5.98. The number of aryl methyl sites for hydroxylation is 1. The first-order valence-electron chi connectivity index (χ1n) is 6.27. The van der Waals surface area contributed by atoms with E-state index in [4.69, 9.17) is 0 Å². The van der Waals surface area contributed by atoms with Crippen LogP contribution in [-0.4, -0.2) is 26.0 Å². The van der Waals surface area contributed by atoms with E-state index in [0.29, 0.717) is 5.92 Å². The third-order valence-electron chi connectivity index (χ3n) is 4.08. The van der Waals surface area contributed by atoms with Crippen LogP contribution in [0.25, 0.3) is 0 Å². The van der Waals surface area contributed by atoms with Crippen molar-refractivity contribution < 1.29 is 4.79 Å². The summed E-state index contributed by atoms with van der Waals surface area (Å²) in [5, 5.41) is 3.40. The third-order valence-corrected chi connectivity index (χ3v) is 4.08. The molecule has 0 radical (unpaired) electrons. The molecule has 0 spiro atoms. The molecule has 1 saturated heterocycles. The average Bonchev–Trinajstić information content (AvgIpc) is 2.36. The molecule has 1 fully saturated rings. The Morgan fingerprint density at radius 3 is 3.00 bits per heavy atom. The number of nitrogens with one attached hydrogen (secondary N) is 1. The SMILES string of the molecule is Cc1ccc2c(c1)N(C)C(=O)C1CCNCC21. The van der Waals surface area contributed by atoms with Crippen molar-refractivity contribution in [3.05, 3.63) is 29.3 Å². The van der Waals surface area contributed by atoms with E-state index >= 15 is 0 Å². The van der Waals surface area contributed by atoms with Crippen molar-refractivity contribution in [1.82, 2.24) is 5.32 Å². The van der Waals surface area contributed by atoms with Crippen LogP contribution >= 0.6 is 0 Å². The first-order chi connectivity index (χ1) is 8.18. The molecule has 2 heterocycles. The smallest absolute Gasteiger partial charge is 0.230 e. The molecule has 0 aromatic heterocycles. The fourth-order valence-corrected chi connectivity index (χ4v) is 3.11. The Balaban J connectivity index is 2.12. The van der Waals surface area contributed by atoms with Crippen LogP contribution in [0.1, 0.15) is 23.5 Å². The number of rotatable bonds is 0. The maximum absolute atomic E-state index is 12.3. The molecular weight excluding hydrogens is 212 g/mol. The van der Waals surface area contributed by atoms with E-state index in [1.54, 1.807) is 0 Å². The number of hydrogen-bond acceptors (Lipinski definition) is 2. The van der Waals surface area contributed by atoms with E-state index in [1.165, 1.54) is 11.1 Å². The standard InChI is InChI=1S/C14H18N2O/c1-9-3-4-10-12-8-15-6-5-11(12)14(17)16(2)13(10)7-9/h3-4,7,11-12,15H,5-6,8H2,1-2H3. The summed E-state index contributed by atoms with van der Waals surface area (Å²) in [5.74, 6) is 0.828. The number of amides is 1.